The molecule has 1 fully saturated rings. The number of benzene rings is 2. The largest absolute Gasteiger partial charge is 0.302 e. The Balaban J connectivity index is 1.72. The second-order valence-electron chi connectivity index (χ2n) is 6.85. The van der Waals surface area contributed by atoms with Crippen molar-refractivity contribution < 1.29 is 0 Å². The Kier molecular flexibility index (Phi) is 5.87. The molecule has 1 aliphatic heterocycles. The zero-order chi connectivity index (χ0) is 15.9. The molecule has 0 amide bonds. The van der Waals surface area contributed by atoms with Crippen LogP contribution in [-0.4, -0.2) is 24.5 Å². The predicted molar refractivity (Wildman–Crippen MR) is 98.9 cm³/mol. The van der Waals surface area contributed by atoms with Crippen LogP contribution in [0.2, 0.25) is 0 Å². The topological polar surface area (TPSA) is 3.24 Å². The summed E-state index contributed by atoms with van der Waals surface area (Å²) < 4.78 is 0. The molecule has 0 saturated carbocycles. The fourth-order valence-corrected chi connectivity index (χ4v) is 3.91. The maximum Gasteiger partial charge on any atom is 0.00569 e. The molecule has 2 aromatic rings. The van der Waals surface area contributed by atoms with Crippen LogP contribution in [0.4, 0.5) is 0 Å². The van der Waals surface area contributed by atoms with Crippen LogP contribution in [0.1, 0.15) is 55.6 Å². The molecule has 1 nitrogen and oxygen atoms in total. The summed E-state index contributed by atoms with van der Waals surface area (Å²) in [6, 6.07) is 22.2. The van der Waals surface area contributed by atoms with Crippen molar-refractivity contribution in [1.29, 1.82) is 0 Å². The monoisotopic (exact) mass is 307 g/mol. The summed E-state index contributed by atoms with van der Waals surface area (Å²) in [5.41, 5.74) is 3.00. The van der Waals surface area contributed by atoms with Crippen molar-refractivity contribution in [2.75, 3.05) is 19.6 Å². The lowest BCUT2D eigenvalue weighted by atomic mass is 9.84. The Bertz CT molecular complexity index is 516. The molecule has 1 heteroatoms. The van der Waals surface area contributed by atoms with E-state index in [1.54, 1.807) is 0 Å². The minimum Gasteiger partial charge on any atom is -0.302 e. The van der Waals surface area contributed by atoms with Crippen molar-refractivity contribution in [2.24, 2.45) is 0 Å². The van der Waals surface area contributed by atoms with E-state index in [0.29, 0.717) is 11.8 Å². The van der Waals surface area contributed by atoms with Crippen LogP contribution in [0.5, 0.6) is 0 Å². The van der Waals surface area contributed by atoms with E-state index in [0.717, 1.165) is 0 Å². The van der Waals surface area contributed by atoms with Crippen LogP contribution >= 0.6 is 0 Å². The first-order valence-corrected chi connectivity index (χ1v) is 9.20. The van der Waals surface area contributed by atoms with E-state index in [4.69, 9.17) is 0 Å². The van der Waals surface area contributed by atoms with E-state index in [-0.39, 0.29) is 0 Å². The molecule has 0 radical (unpaired) electrons. The predicted octanol–water partition coefficient (Wildman–Crippen LogP) is 5.45. The molecule has 1 saturated heterocycles. The third-order valence-corrected chi connectivity index (χ3v) is 5.18. The van der Waals surface area contributed by atoms with Gasteiger partial charge in [0.1, 0.15) is 0 Å². The maximum atomic E-state index is 2.69. The number of rotatable bonds is 7. The van der Waals surface area contributed by atoms with E-state index < -0.39 is 0 Å². The molecule has 1 heterocycles. The molecule has 3 rings (SSSR count). The molecule has 0 aromatic heterocycles. The summed E-state index contributed by atoms with van der Waals surface area (Å²) >= 11 is 0. The average Bonchev–Trinajstić information content (AvgIpc) is 3.05. The molecule has 122 valence electrons. The SMILES string of the molecule is CCCCCCN1C[C@H](c2ccccc2)[C@H](c2ccccc2)C1. The highest BCUT2D eigenvalue weighted by atomic mass is 15.1. The van der Waals surface area contributed by atoms with Gasteiger partial charge >= 0.3 is 0 Å². The zero-order valence-corrected chi connectivity index (χ0v) is 14.3. The normalized spacial score (nSPS) is 21.6. The van der Waals surface area contributed by atoms with Gasteiger partial charge in [-0.25, -0.2) is 0 Å². The smallest absolute Gasteiger partial charge is 0.00569 e. The van der Waals surface area contributed by atoms with Gasteiger partial charge in [0.15, 0.2) is 0 Å². The third kappa shape index (κ3) is 4.23. The number of hydrogen-bond donors (Lipinski definition) is 0. The summed E-state index contributed by atoms with van der Waals surface area (Å²) in [5.74, 6) is 1.26. The highest BCUT2D eigenvalue weighted by molar-refractivity contribution is 5.31. The van der Waals surface area contributed by atoms with Crippen LogP contribution in [0.25, 0.3) is 0 Å². The van der Waals surface area contributed by atoms with E-state index in [2.05, 4.69) is 72.5 Å². The van der Waals surface area contributed by atoms with Crippen molar-refractivity contribution in [3.63, 3.8) is 0 Å². The molecule has 2 aromatic carbocycles. The average molecular weight is 307 g/mol. The van der Waals surface area contributed by atoms with Crippen LogP contribution in [0.3, 0.4) is 0 Å². The Hall–Kier alpha value is -1.60. The quantitative estimate of drug-likeness (QED) is 0.615. The van der Waals surface area contributed by atoms with Crippen molar-refractivity contribution in [3.05, 3.63) is 71.8 Å². The third-order valence-electron chi connectivity index (χ3n) is 5.18. The molecule has 0 N–H and O–H groups in total. The van der Waals surface area contributed by atoms with Crippen molar-refractivity contribution in [2.45, 2.75) is 44.4 Å². The van der Waals surface area contributed by atoms with Crippen LogP contribution in [0, 0.1) is 0 Å². The molecular formula is C22H29N. The number of unbranched alkanes of at least 4 members (excludes halogenated alkanes) is 3. The molecule has 0 unspecified atom stereocenters. The van der Waals surface area contributed by atoms with Gasteiger partial charge in [-0.15, -0.1) is 0 Å². The second-order valence-corrected chi connectivity index (χ2v) is 6.85. The van der Waals surface area contributed by atoms with Gasteiger partial charge in [-0.2, -0.15) is 0 Å². The zero-order valence-electron chi connectivity index (χ0n) is 14.3. The van der Waals surface area contributed by atoms with Crippen molar-refractivity contribution in [1.82, 2.24) is 4.90 Å². The Morgan fingerprint density at radius 2 is 1.26 bits per heavy atom. The second kappa shape index (κ2) is 8.31. The summed E-state index contributed by atoms with van der Waals surface area (Å²) in [5, 5.41) is 0. The van der Waals surface area contributed by atoms with Crippen LogP contribution < -0.4 is 0 Å². The molecule has 0 spiro atoms. The summed E-state index contributed by atoms with van der Waals surface area (Å²) in [4.78, 5) is 2.69. The van der Waals surface area contributed by atoms with Crippen molar-refractivity contribution >= 4 is 0 Å². The first kappa shape index (κ1) is 16.3. The van der Waals surface area contributed by atoms with E-state index in [1.165, 1.54) is 56.4 Å². The lowest BCUT2D eigenvalue weighted by Gasteiger charge is -2.19. The van der Waals surface area contributed by atoms with Crippen LogP contribution in [-0.2, 0) is 0 Å². The number of hydrogen-bond acceptors (Lipinski definition) is 1. The molecule has 0 aliphatic carbocycles. The minimum absolute atomic E-state index is 0.629. The van der Waals surface area contributed by atoms with E-state index in [9.17, 15) is 0 Å². The number of nitrogens with zero attached hydrogens (tertiary/aromatic N) is 1. The Morgan fingerprint density at radius 3 is 1.74 bits per heavy atom. The number of likely N-dealkylation sites (tertiary alicyclic amines) is 1. The van der Waals surface area contributed by atoms with E-state index in [1.807, 2.05) is 0 Å². The van der Waals surface area contributed by atoms with Crippen LogP contribution in [0.15, 0.2) is 60.7 Å². The van der Waals surface area contributed by atoms with Gasteiger partial charge in [-0.05, 0) is 24.1 Å². The first-order chi connectivity index (χ1) is 11.4. The Labute approximate surface area is 141 Å². The fourth-order valence-electron chi connectivity index (χ4n) is 3.91. The lowest BCUT2D eigenvalue weighted by molar-refractivity contribution is 0.321. The van der Waals surface area contributed by atoms with E-state index >= 15 is 0 Å². The summed E-state index contributed by atoms with van der Waals surface area (Å²) in [6.45, 7) is 5.95. The van der Waals surface area contributed by atoms with Gasteiger partial charge in [-0.1, -0.05) is 86.8 Å². The molecule has 23 heavy (non-hydrogen) atoms. The summed E-state index contributed by atoms with van der Waals surface area (Å²) in [6.07, 6.45) is 5.41. The van der Waals surface area contributed by atoms with Gasteiger partial charge < -0.3 is 4.90 Å². The van der Waals surface area contributed by atoms with Gasteiger partial charge in [0.25, 0.3) is 0 Å². The standard InChI is InChI=1S/C22H29N/c1-2-3-4-11-16-23-17-21(19-12-7-5-8-13-19)22(18-23)20-14-9-6-10-15-20/h5-10,12-15,21-22H,2-4,11,16-18H2,1H3/t21-,22+. The minimum atomic E-state index is 0.629. The fraction of sp³-hybridized carbons (Fsp3) is 0.455. The molecule has 0 bridgehead atoms. The highest BCUT2D eigenvalue weighted by Crippen LogP contribution is 2.39. The Morgan fingerprint density at radius 1 is 0.739 bits per heavy atom. The lowest BCUT2D eigenvalue weighted by Crippen LogP contribution is -2.22. The molecule has 2 atom stereocenters. The van der Waals surface area contributed by atoms with Crippen molar-refractivity contribution in [3.8, 4) is 0 Å². The highest BCUT2D eigenvalue weighted by Gasteiger charge is 2.34. The van der Waals surface area contributed by atoms with Gasteiger partial charge in [0.05, 0.1) is 0 Å². The first-order valence-electron chi connectivity index (χ1n) is 9.20. The molecular weight excluding hydrogens is 278 g/mol. The molecule has 1 aliphatic rings. The van der Waals surface area contributed by atoms with Gasteiger partial charge in [0, 0.05) is 24.9 Å². The van der Waals surface area contributed by atoms with Gasteiger partial charge in [-0.3, -0.25) is 0 Å². The maximum absolute atomic E-state index is 2.69. The summed E-state index contributed by atoms with van der Waals surface area (Å²) in [7, 11) is 0. The van der Waals surface area contributed by atoms with Gasteiger partial charge in [0.2, 0.25) is 0 Å².